The van der Waals surface area contributed by atoms with Gasteiger partial charge in [0.2, 0.25) is 0 Å². The van der Waals surface area contributed by atoms with Gasteiger partial charge in [0, 0.05) is 0 Å². The average molecular weight is 130 g/mol. The fourth-order valence-electron chi connectivity index (χ4n) is 0. The van der Waals surface area contributed by atoms with Crippen molar-refractivity contribution in [1.82, 2.24) is 0 Å². The van der Waals surface area contributed by atoms with Crippen molar-refractivity contribution in [2.24, 2.45) is 0 Å². The molecule has 0 aromatic carbocycles. The molecule has 0 aliphatic rings. The van der Waals surface area contributed by atoms with Crippen LogP contribution in [0.4, 0.5) is 0 Å². The number of rotatable bonds is 0. The van der Waals surface area contributed by atoms with Crippen molar-refractivity contribution >= 4 is 7.32 Å². The smallest absolute Gasteiger partial charge is 0.428 e. The third kappa shape index (κ3) is 294. The second-order valence-corrected chi connectivity index (χ2v) is 0.570. The Morgan fingerprint density at radius 1 is 1.25 bits per heavy atom. The van der Waals surface area contributed by atoms with Crippen molar-refractivity contribution in [2.45, 2.75) is 0 Å². The Kier molecular flexibility index (Phi) is 31.3. The van der Waals surface area contributed by atoms with E-state index in [0.29, 0.717) is 0 Å². The molecule has 0 amide bonds. The minimum atomic E-state index is -2.17. The maximum Gasteiger partial charge on any atom is 1.00 e. The molecule has 0 spiro atoms. The Morgan fingerprint density at radius 3 is 1.25 bits per heavy atom. The molecular weight excluding hydrogens is 122 g/mol. The summed E-state index contributed by atoms with van der Waals surface area (Å²) in [5, 5.41) is 29.0. The Balaban J connectivity index is -0.0000000575. The normalized spacial score (nSPS) is 5.62. The first-order valence-electron chi connectivity index (χ1n) is 1.59. The molecule has 0 unspecified atom stereocenters. The van der Waals surface area contributed by atoms with Crippen molar-refractivity contribution in [3.8, 4) is 0 Å². The molecule has 4 N–H and O–H groups in total. The zero-order valence-corrected chi connectivity index (χ0v) is 6.78. The molecule has 0 fully saturated rings. The van der Waals surface area contributed by atoms with Gasteiger partial charge < -0.3 is 27.1 Å². The maximum absolute atomic E-state index is 7.46. The molecule has 8 heavy (non-hydrogen) atoms. The number of aliphatic hydroxyl groups excluding tert-OH is 1. The van der Waals surface area contributed by atoms with Crippen LogP contribution in [0.2, 0.25) is 0 Å². The minimum absolute atomic E-state index is 0. The van der Waals surface area contributed by atoms with Gasteiger partial charge in [-0.1, -0.05) is 6.61 Å². The van der Waals surface area contributed by atoms with Crippen LogP contribution in [0.15, 0.2) is 0 Å². The first kappa shape index (κ1) is 16.0. The van der Waals surface area contributed by atoms with E-state index in [0.717, 1.165) is 0 Å². The number of hydrogen-bond donors (Lipinski definition) is 4. The summed E-state index contributed by atoms with van der Waals surface area (Å²) in [6.45, 7) is 3.04. The molecule has 0 bridgehead atoms. The second kappa shape index (κ2) is 15.7. The first-order chi connectivity index (χ1) is 3.15. The van der Waals surface area contributed by atoms with E-state index >= 15 is 0 Å². The van der Waals surface area contributed by atoms with E-state index in [9.17, 15) is 0 Å². The molecule has 4 nitrogen and oxygen atoms in total. The van der Waals surface area contributed by atoms with Gasteiger partial charge in [0.05, 0.1) is 0 Å². The molecule has 0 aromatic heterocycles. The van der Waals surface area contributed by atoms with Crippen LogP contribution in [0.1, 0.15) is 0 Å². The van der Waals surface area contributed by atoms with E-state index in [-0.39, 0.29) is 36.2 Å². The van der Waals surface area contributed by atoms with Crippen molar-refractivity contribution in [3.05, 3.63) is 6.92 Å². The van der Waals surface area contributed by atoms with Crippen molar-refractivity contribution < 1.29 is 49.7 Å². The van der Waals surface area contributed by atoms with Crippen LogP contribution in [0.25, 0.3) is 0 Å². The molecule has 0 rings (SSSR count). The summed E-state index contributed by atoms with van der Waals surface area (Å²) >= 11 is 0. The average Bonchev–Trinajstić information content (AvgIpc) is 1.33. The van der Waals surface area contributed by atoms with Gasteiger partial charge in [0.15, 0.2) is 0 Å². The maximum atomic E-state index is 7.46. The predicted molar refractivity (Wildman–Crippen MR) is 24.9 cm³/mol. The standard InChI is InChI=1S/C2H5O.BH3O3.Na/c1-2-3;2-1(3)4;/h3H,1-2H2;2-4H;/q-1;;+1. The summed E-state index contributed by atoms with van der Waals surface area (Å²) in [5.74, 6) is 0. The zero-order valence-electron chi connectivity index (χ0n) is 4.78. The van der Waals surface area contributed by atoms with Crippen LogP contribution in [0.5, 0.6) is 0 Å². The molecule has 0 saturated carbocycles. The molecule has 0 radical (unpaired) electrons. The molecule has 0 aliphatic heterocycles. The van der Waals surface area contributed by atoms with Crippen LogP contribution in [0.3, 0.4) is 0 Å². The van der Waals surface area contributed by atoms with Gasteiger partial charge in [-0.25, -0.2) is 0 Å². The van der Waals surface area contributed by atoms with E-state index in [1.807, 2.05) is 0 Å². The summed E-state index contributed by atoms with van der Waals surface area (Å²) < 4.78 is 0. The molecule has 6 heteroatoms. The Hall–Kier alpha value is 0.905. The van der Waals surface area contributed by atoms with Crippen LogP contribution in [-0.4, -0.2) is 34.1 Å². The minimum Gasteiger partial charge on any atom is -0.428 e. The summed E-state index contributed by atoms with van der Waals surface area (Å²) in [6.07, 6.45) is 0. The quantitative estimate of drug-likeness (QED) is 0.195. The SMILES string of the molecule is OB(O)O.[CH2-]CO.[Na+]. The fraction of sp³-hybridized carbons (Fsp3) is 0.500. The van der Waals surface area contributed by atoms with Crippen LogP contribution in [0, 0.1) is 6.92 Å². The fourth-order valence-corrected chi connectivity index (χ4v) is 0. The summed E-state index contributed by atoms with van der Waals surface area (Å²) in [4.78, 5) is 0. The van der Waals surface area contributed by atoms with Gasteiger partial charge in [-0.05, 0) is 0 Å². The van der Waals surface area contributed by atoms with Crippen LogP contribution < -0.4 is 29.6 Å². The number of aliphatic hydroxyl groups is 1. The van der Waals surface area contributed by atoms with Crippen LogP contribution in [-0.2, 0) is 0 Å². The summed E-state index contributed by atoms with van der Waals surface area (Å²) in [6, 6.07) is 0. The molecule has 0 aromatic rings. The van der Waals surface area contributed by atoms with Crippen LogP contribution >= 0.6 is 0 Å². The van der Waals surface area contributed by atoms with E-state index in [2.05, 4.69) is 6.92 Å². The molecule has 0 heterocycles. The van der Waals surface area contributed by atoms with Gasteiger partial charge in [-0.2, -0.15) is 0 Å². The molecule has 0 aliphatic carbocycles. The van der Waals surface area contributed by atoms with Gasteiger partial charge in [-0.15, -0.1) is 0 Å². The number of hydrogen-bond acceptors (Lipinski definition) is 4. The van der Waals surface area contributed by atoms with E-state index in [4.69, 9.17) is 20.2 Å². The van der Waals surface area contributed by atoms with E-state index in [1.54, 1.807) is 0 Å². The van der Waals surface area contributed by atoms with Gasteiger partial charge in [-0.3, -0.25) is 0 Å². The third-order valence-electron chi connectivity index (χ3n) is 0. The summed E-state index contributed by atoms with van der Waals surface area (Å²) in [5.41, 5.74) is 0. The molecule has 0 saturated heterocycles. The topological polar surface area (TPSA) is 80.9 Å². The van der Waals surface area contributed by atoms with Gasteiger partial charge >= 0.3 is 36.9 Å². The van der Waals surface area contributed by atoms with Crippen molar-refractivity contribution in [2.75, 3.05) is 6.61 Å². The monoisotopic (exact) mass is 130 g/mol. The largest absolute Gasteiger partial charge is 1.00 e. The van der Waals surface area contributed by atoms with Gasteiger partial charge in [0.1, 0.15) is 0 Å². The Labute approximate surface area is 70.6 Å². The zero-order chi connectivity index (χ0) is 6.28. The third-order valence-corrected chi connectivity index (χ3v) is 0. The van der Waals surface area contributed by atoms with Crippen molar-refractivity contribution in [1.29, 1.82) is 0 Å². The predicted octanol–water partition coefficient (Wildman–Crippen LogP) is -5.24. The first-order valence-corrected chi connectivity index (χ1v) is 1.59. The Morgan fingerprint density at radius 2 is 1.25 bits per heavy atom. The van der Waals surface area contributed by atoms with E-state index < -0.39 is 7.32 Å². The van der Waals surface area contributed by atoms with Crippen molar-refractivity contribution in [3.63, 3.8) is 0 Å². The Bertz CT molecular complexity index is 25.2. The second-order valence-electron chi connectivity index (χ2n) is 0.570. The van der Waals surface area contributed by atoms with Gasteiger partial charge in [0.25, 0.3) is 0 Å². The molecular formula is C2H8BNaO4. The molecule has 44 valence electrons. The summed E-state index contributed by atoms with van der Waals surface area (Å²) in [7, 11) is -2.17. The molecule has 0 atom stereocenters. The van der Waals surface area contributed by atoms with E-state index in [1.165, 1.54) is 0 Å².